The number of nitrogens with zero attached hydrogens (tertiary/aromatic N) is 5. The predicted molar refractivity (Wildman–Crippen MR) is 136 cm³/mol. The minimum Gasteiger partial charge on any atom is -0.487 e. The van der Waals surface area contributed by atoms with Gasteiger partial charge in [-0.3, -0.25) is 4.68 Å². The predicted octanol–water partition coefficient (Wildman–Crippen LogP) is 5.99. The third-order valence-electron chi connectivity index (χ3n) is 5.75. The van der Waals surface area contributed by atoms with Gasteiger partial charge in [-0.1, -0.05) is 6.07 Å². The van der Waals surface area contributed by atoms with E-state index in [1.165, 1.54) is 6.07 Å². The highest BCUT2D eigenvalue weighted by Gasteiger charge is 2.15. The third kappa shape index (κ3) is 5.00. The van der Waals surface area contributed by atoms with Crippen molar-refractivity contribution in [2.75, 3.05) is 5.32 Å². The molecule has 3 aromatic heterocycles. The molecule has 0 aliphatic carbocycles. The lowest BCUT2D eigenvalue weighted by atomic mass is 10.1. The van der Waals surface area contributed by atoms with Crippen LogP contribution in [0.4, 0.5) is 10.2 Å². The van der Waals surface area contributed by atoms with Crippen LogP contribution in [-0.2, 0) is 13.7 Å². The number of thiazole rings is 1. The monoisotopic (exact) mass is 488 g/mol. The second-order valence-corrected chi connectivity index (χ2v) is 9.35. The Balaban J connectivity index is 1.35. The topological polar surface area (TPSA) is 77.8 Å². The molecule has 0 saturated carbocycles. The van der Waals surface area contributed by atoms with Crippen LogP contribution in [0.2, 0.25) is 0 Å². The molecule has 0 fully saturated rings. The normalized spacial score (nSPS) is 12.1. The quantitative estimate of drug-likeness (QED) is 0.303. The molecule has 0 bridgehead atoms. The lowest BCUT2D eigenvalue weighted by Gasteiger charge is -2.18. The number of halogens is 1. The highest BCUT2D eigenvalue weighted by Crippen LogP contribution is 2.29. The summed E-state index contributed by atoms with van der Waals surface area (Å²) in [6, 6.07) is 14.4. The van der Waals surface area contributed by atoms with E-state index in [0.29, 0.717) is 29.6 Å². The van der Waals surface area contributed by atoms with E-state index in [1.807, 2.05) is 57.6 Å². The third-order valence-corrected chi connectivity index (χ3v) is 6.54. The smallest absolute Gasteiger partial charge is 0.130 e. The van der Waals surface area contributed by atoms with Crippen LogP contribution in [0.15, 0.2) is 54.0 Å². The van der Waals surface area contributed by atoms with Crippen molar-refractivity contribution in [3.8, 4) is 17.0 Å². The Bertz CT molecular complexity index is 1510. The molecule has 0 amide bonds. The number of rotatable bonds is 7. The minimum atomic E-state index is -0.344. The number of benzene rings is 2. The van der Waals surface area contributed by atoms with Crippen LogP contribution in [0.1, 0.15) is 35.7 Å². The number of anilines is 1. The van der Waals surface area contributed by atoms with Crippen molar-refractivity contribution in [1.29, 1.82) is 0 Å². The van der Waals surface area contributed by atoms with Crippen molar-refractivity contribution in [3.05, 3.63) is 82.6 Å². The van der Waals surface area contributed by atoms with E-state index in [-0.39, 0.29) is 11.9 Å². The van der Waals surface area contributed by atoms with Gasteiger partial charge in [0.1, 0.15) is 29.8 Å². The molecule has 0 aliphatic heterocycles. The zero-order valence-electron chi connectivity index (χ0n) is 19.9. The average Bonchev–Trinajstić information content (AvgIpc) is 3.42. The highest BCUT2D eigenvalue weighted by molar-refractivity contribution is 7.16. The van der Waals surface area contributed by atoms with Gasteiger partial charge in [-0.05, 0) is 57.2 Å². The number of ether oxygens (including phenoxy) is 1. The first-order chi connectivity index (χ1) is 16.9. The van der Waals surface area contributed by atoms with Crippen LogP contribution in [0.25, 0.3) is 21.5 Å². The number of fused-ring (bicyclic) bond motifs is 1. The summed E-state index contributed by atoms with van der Waals surface area (Å²) in [7, 11) is 1.88. The summed E-state index contributed by atoms with van der Waals surface area (Å²) < 4.78 is 23.6. The van der Waals surface area contributed by atoms with E-state index < -0.39 is 0 Å². The summed E-state index contributed by atoms with van der Waals surface area (Å²) in [5.41, 5.74) is 6.94. The molecule has 178 valence electrons. The van der Waals surface area contributed by atoms with Gasteiger partial charge in [0.05, 0.1) is 38.9 Å². The maximum atomic E-state index is 14.7. The maximum absolute atomic E-state index is 14.7. The Hall–Kier alpha value is -3.85. The number of aryl methyl sites for hydroxylation is 3. The Morgan fingerprint density at radius 2 is 1.94 bits per heavy atom. The van der Waals surface area contributed by atoms with Crippen molar-refractivity contribution in [2.24, 2.45) is 7.05 Å². The first-order valence-electron chi connectivity index (χ1n) is 11.2. The van der Waals surface area contributed by atoms with Crippen molar-refractivity contribution < 1.29 is 9.13 Å². The van der Waals surface area contributed by atoms with Crippen molar-refractivity contribution in [2.45, 2.75) is 33.4 Å². The molecule has 2 aromatic carbocycles. The van der Waals surface area contributed by atoms with Crippen LogP contribution in [0, 0.1) is 19.7 Å². The molecule has 1 N–H and O–H groups in total. The van der Waals surface area contributed by atoms with Crippen LogP contribution in [0.3, 0.4) is 0 Å². The molecule has 1 unspecified atom stereocenters. The molecule has 5 aromatic rings. The van der Waals surface area contributed by atoms with Gasteiger partial charge in [-0.2, -0.15) is 5.10 Å². The van der Waals surface area contributed by atoms with Gasteiger partial charge in [0.25, 0.3) is 0 Å². The Morgan fingerprint density at radius 1 is 1.09 bits per heavy atom. The van der Waals surface area contributed by atoms with Gasteiger partial charge in [0, 0.05) is 24.2 Å². The zero-order chi connectivity index (χ0) is 24.5. The molecule has 9 heteroatoms. The standard InChI is InChI=1S/C26H25FN6OS/c1-15-9-19(33(4)32-15)13-34-20-6-7-22(27)21(11-20)16(2)29-26-12-24(30-17(3)31-26)18-5-8-23-25(10-18)35-14-28-23/h5-12,14,16H,13H2,1-4H3,(H,29,30,31). The first-order valence-corrected chi connectivity index (χ1v) is 12.1. The van der Waals surface area contributed by atoms with Gasteiger partial charge in [-0.15, -0.1) is 11.3 Å². The molecule has 3 heterocycles. The average molecular weight is 489 g/mol. The lowest BCUT2D eigenvalue weighted by molar-refractivity contribution is 0.294. The number of hydrogen-bond donors (Lipinski definition) is 1. The van der Waals surface area contributed by atoms with Gasteiger partial charge in [0.2, 0.25) is 0 Å². The summed E-state index contributed by atoms with van der Waals surface area (Å²) in [4.78, 5) is 13.5. The molecule has 7 nitrogen and oxygen atoms in total. The van der Waals surface area contributed by atoms with Gasteiger partial charge >= 0.3 is 0 Å². The van der Waals surface area contributed by atoms with E-state index in [9.17, 15) is 4.39 Å². The van der Waals surface area contributed by atoms with Crippen LogP contribution >= 0.6 is 11.3 Å². The van der Waals surface area contributed by atoms with E-state index in [4.69, 9.17) is 4.74 Å². The highest BCUT2D eigenvalue weighted by atomic mass is 32.1. The van der Waals surface area contributed by atoms with E-state index in [1.54, 1.807) is 28.2 Å². The molecule has 1 atom stereocenters. The van der Waals surface area contributed by atoms with E-state index in [0.717, 1.165) is 32.9 Å². The Morgan fingerprint density at radius 3 is 2.74 bits per heavy atom. The summed E-state index contributed by atoms with van der Waals surface area (Å²) >= 11 is 1.59. The summed E-state index contributed by atoms with van der Waals surface area (Å²) in [6.45, 7) is 6.03. The van der Waals surface area contributed by atoms with Crippen molar-refractivity contribution in [1.82, 2.24) is 24.7 Å². The lowest BCUT2D eigenvalue weighted by Crippen LogP contribution is -2.11. The summed E-state index contributed by atoms with van der Waals surface area (Å²) in [5.74, 6) is 1.54. The summed E-state index contributed by atoms with van der Waals surface area (Å²) in [6.07, 6.45) is 0. The van der Waals surface area contributed by atoms with Crippen LogP contribution in [0.5, 0.6) is 5.75 Å². The van der Waals surface area contributed by atoms with Crippen LogP contribution in [-0.4, -0.2) is 24.7 Å². The van der Waals surface area contributed by atoms with Gasteiger partial charge in [-0.25, -0.2) is 19.3 Å². The number of aromatic nitrogens is 5. The van der Waals surface area contributed by atoms with E-state index >= 15 is 0 Å². The van der Waals surface area contributed by atoms with Crippen LogP contribution < -0.4 is 10.1 Å². The molecular weight excluding hydrogens is 463 g/mol. The molecule has 0 saturated heterocycles. The fourth-order valence-electron chi connectivity index (χ4n) is 4.00. The summed E-state index contributed by atoms with van der Waals surface area (Å²) in [5, 5.41) is 7.66. The van der Waals surface area contributed by atoms with Crippen molar-refractivity contribution >= 4 is 27.4 Å². The largest absolute Gasteiger partial charge is 0.487 e. The van der Waals surface area contributed by atoms with Gasteiger partial charge in [0.15, 0.2) is 0 Å². The molecule has 35 heavy (non-hydrogen) atoms. The second kappa shape index (κ2) is 9.42. The first kappa shape index (κ1) is 22.9. The number of nitrogens with one attached hydrogen (secondary N) is 1. The molecule has 0 spiro atoms. The Labute approximate surface area is 206 Å². The number of hydrogen-bond acceptors (Lipinski definition) is 7. The minimum absolute atomic E-state index is 0.310. The molecule has 0 radical (unpaired) electrons. The maximum Gasteiger partial charge on any atom is 0.130 e. The molecular formula is C26H25FN6OS. The molecule has 5 rings (SSSR count). The fraction of sp³-hybridized carbons (Fsp3) is 0.231. The SMILES string of the molecule is Cc1cc(COc2ccc(F)c(C(C)Nc3cc(-c4ccc5ncsc5c4)nc(C)n3)c2)n(C)n1. The van der Waals surface area contributed by atoms with E-state index in [2.05, 4.69) is 31.4 Å². The fourth-order valence-corrected chi connectivity index (χ4v) is 4.72. The Kier molecular flexibility index (Phi) is 6.17. The molecule has 0 aliphatic rings. The van der Waals surface area contributed by atoms with Crippen molar-refractivity contribution in [3.63, 3.8) is 0 Å². The second-order valence-electron chi connectivity index (χ2n) is 8.46. The zero-order valence-corrected chi connectivity index (χ0v) is 20.7. The van der Waals surface area contributed by atoms with Gasteiger partial charge < -0.3 is 10.1 Å².